The molecule has 204 valence electrons. The van der Waals surface area contributed by atoms with Crippen molar-refractivity contribution in [3.05, 3.63) is 89.4 Å². The fourth-order valence-electron chi connectivity index (χ4n) is 3.47. The zero-order chi connectivity index (χ0) is 28.0. The molecule has 0 atom stereocenters. The molecule has 4 aromatic rings. The average Bonchev–Trinajstić information content (AvgIpc) is 3.41. The van der Waals surface area contributed by atoms with Gasteiger partial charge in [0.05, 0.1) is 22.1 Å². The van der Waals surface area contributed by atoms with E-state index in [4.69, 9.17) is 16.3 Å². The van der Waals surface area contributed by atoms with Crippen LogP contribution in [0.1, 0.15) is 6.92 Å². The van der Waals surface area contributed by atoms with E-state index in [2.05, 4.69) is 15.0 Å². The smallest absolute Gasteiger partial charge is 0.264 e. The summed E-state index contributed by atoms with van der Waals surface area (Å²) in [6.45, 7) is 1.46. The van der Waals surface area contributed by atoms with Gasteiger partial charge in [-0.1, -0.05) is 23.7 Å². The van der Waals surface area contributed by atoms with Crippen molar-refractivity contribution in [1.82, 2.24) is 4.98 Å². The quantitative estimate of drug-likeness (QED) is 0.250. The van der Waals surface area contributed by atoms with E-state index >= 15 is 0 Å². The number of hydrogen-bond acceptors (Lipinski definition) is 8. The summed E-state index contributed by atoms with van der Waals surface area (Å²) < 4.78 is 61.4. The van der Waals surface area contributed by atoms with Crippen LogP contribution in [0.3, 0.4) is 0 Å². The van der Waals surface area contributed by atoms with E-state index in [0.29, 0.717) is 5.02 Å². The van der Waals surface area contributed by atoms with Crippen LogP contribution in [0.4, 0.5) is 16.5 Å². The van der Waals surface area contributed by atoms with Crippen molar-refractivity contribution < 1.29 is 26.4 Å². The molecule has 3 aromatic carbocycles. The summed E-state index contributed by atoms with van der Waals surface area (Å²) in [6.07, 6.45) is 1.48. The van der Waals surface area contributed by atoms with Crippen LogP contribution in [-0.2, 0) is 24.8 Å². The molecule has 0 aliphatic carbocycles. The number of amides is 1. The lowest BCUT2D eigenvalue weighted by Gasteiger charge is -2.26. The molecule has 0 radical (unpaired) electrons. The lowest BCUT2D eigenvalue weighted by Crippen LogP contribution is -2.38. The fourth-order valence-corrected chi connectivity index (χ4v) is 6.82. The van der Waals surface area contributed by atoms with Gasteiger partial charge in [0.2, 0.25) is 5.91 Å². The number of carbonyl (C=O) groups excluding carboxylic acids is 1. The second-order valence-electron chi connectivity index (χ2n) is 7.88. The molecule has 0 bridgehead atoms. The molecule has 14 heteroatoms. The van der Waals surface area contributed by atoms with Gasteiger partial charge in [-0.2, -0.15) is 0 Å². The van der Waals surface area contributed by atoms with Crippen molar-refractivity contribution in [1.29, 1.82) is 0 Å². The number of nitrogens with zero attached hydrogens (tertiary/aromatic N) is 2. The number of para-hydroxylation sites is 2. The number of aromatic nitrogens is 1. The molecular formula is C25H23ClN4O6S3. The van der Waals surface area contributed by atoms with Gasteiger partial charge < -0.3 is 10.1 Å². The lowest BCUT2D eigenvalue weighted by atomic mass is 10.3. The van der Waals surface area contributed by atoms with Crippen molar-refractivity contribution in [2.24, 2.45) is 0 Å². The molecule has 0 aliphatic heterocycles. The maximum absolute atomic E-state index is 13.6. The molecule has 0 fully saturated rings. The first-order valence-electron chi connectivity index (χ1n) is 11.4. The van der Waals surface area contributed by atoms with Crippen LogP contribution in [0.2, 0.25) is 5.02 Å². The molecule has 0 spiro atoms. The predicted molar refractivity (Wildman–Crippen MR) is 152 cm³/mol. The molecule has 10 nitrogen and oxygen atoms in total. The van der Waals surface area contributed by atoms with Crippen LogP contribution in [0.5, 0.6) is 5.75 Å². The minimum atomic E-state index is -4.21. The summed E-state index contributed by atoms with van der Waals surface area (Å²) in [6, 6.07) is 17.5. The summed E-state index contributed by atoms with van der Waals surface area (Å²) in [4.78, 5) is 16.9. The molecule has 0 unspecified atom stereocenters. The van der Waals surface area contributed by atoms with E-state index in [1.807, 2.05) is 0 Å². The maximum Gasteiger partial charge on any atom is 0.264 e. The Bertz CT molecular complexity index is 1640. The van der Waals surface area contributed by atoms with Gasteiger partial charge >= 0.3 is 0 Å². The van der Waals surface area contributed by atoms with Crippen LogP contribution in [0.25, 0.3) is 0 Å². The second kappa shape index (κ2) is 12.0. The van der Waals surface area contributed by atoms with Gasteiger partial charge in [0.1, 0.15) is 12.3 Å². The highest BCUT2D eigenvalue weighted by Gasteiger charge is 2.29. The Hall–Kier alpha value is -3.65. The average molecular weight is 607 g/mol. The summed E-state index contributed by atoms with van der Waals surface area (Å²) in [5.74, 6) is -0.372. The first-order chi connectivity index (χ1) is 18.6. The number of anilines is 3. The summed E-state index contributed by atoms with van der Waals surface area (Å²) in [5, 5.41) is 4.84. The van der Waals surface area contributed by atoms with E-state index < -0.39 is 32.5 Å². The Morgan fingerprint density at radius 2 is 1.64 bits per heavy atom. The number of nitrogens with one attached hydrogen (secondary N) is 2. The molecule has 0 aliphatic rings. The Balaban J connectivity index is 1.58. The molecule has 1 aromatic heterocycles. The number of ether oxygens (including phenoxy) is 1. The standard InChI is InChI=1S/C25H23ClN4O6S3/c1-2-36-23-6-4-3-5-22(23)30(39(34,35)21-11-7-18(26)8-12-21)17-24(31)28-19-9-13-20(14-10-19)38(32,33)29-25-27-15-16-37-25/h3-16H,2,17H2,1H3,(H,27,29)(H,28,31). The van der Waals surface area contributed by atoms with Crippen LogP contribution in [0, 0.1) is 0 Å². The highest BCUT2D eigenvalue weighted by Crippen LogP contribution is 2.33. The normalized spacial score (nSPS) is 11.5. The lowest BCUT2D eigenvalue weighted by molar-refractivity contribution is -0.114. The number of sulfonamides is 2. The number of hydrogen-bond donors (Lipinski definition) is 2. The van der Waals surface area contributed by atoms with E-state index in [-0.39, 0.29) is 38.7 Å². The van der Waals surface area contributed by atoms with Crippen molar-refractivity contribution in [3.63, 3.8) is 0 Å². The van der Waals surface area contributed by atoms with Crippen molar-refractivity contribution in [2.45, 2.75) is 16.7 Å². The molecule has 4 rings (SSSR count). The number of rotatable bonds is 11. The Morgan fingerprint density at radius 3 is 2.28 bits per heavy atom. The number of thiazole rings is 1. The first kappa shape index (κ1) is 28.4. The third kappa shape index (κ3) is 6.87. The summed E-state index contributed by atoms with van der Waals surface area (Å²) in [5.41, 5.74) is 0.453. The number of halogens is 1. The molecule has 0 saturated heterocycles. The summed E-state index contributed by atoms with van der Waals surface area (Å²) >= 11 is 7.07. The van der Waals surface area contributed by atoms with Crippen molar-refractivity contribution in [2.75, 3.05) is 27.5 Å². The molecule has 0 saturated carbocycles. The van der Waals surface area contributed by atoms with Crippen LogP contribution in [-0.4, -0.2) is 40.9 Å². The van der Waals surface area contributed by atoms with Gasteiger partial charge in [-0.05, 0) is 67.6 Å². The van der Waals surface area contributed by atoms with E-state index in [1.165, 1.54) is 54.7 Å². The molecule has 2 N–H and O–H groups in total. The summed E-state index contributed by atoms with van der Waals surface area (Å²) in [7, 11) is -8.08. The van der Waals surface area contributed by atoms with E-state index in [0.717, 1.165) is 15.6 Å². The Labute approximate surface area is 235 Å². The predicted octanol–water partition coefficient (Wildman–Crippen LogP) is 4.83. The highest BCUT2D eigenvalue weighted by molar-refractivity contribution is 7.93. The first-order valence-corrected chi connectivity index (χ1v) is 15.6. The highest BCUT2D eigenvalue weighted by atomic mass is 35.5. The van der Waals surface area contributed by atoms with Gasteiger partial charge in [-0.3, -0.25) is 13.8 Å². The molecule has 1 amide bonds. The topological polar surface area (TPSA) is 135 Å². The minimum Gasteiger partial charge on any atom is -0.492 e. The van der Waals surface area contributed by atoms with Crippen molar-refractivity contribution in [3.8, 4) is 5.75 Å². The third-order valence-corrected chi connectivity index (χ3v) is 9.42. The third-order valence-electron chi connectivity index (χ3n) is 5.23. The van der Waals surface area contributed by atoms with Crippen LogP contribution in [0.15, 0.2) is 94.2 Å². The Morgan fingerprint density at radius 1 is 0.974 bits per heavy atom. The largest absolute Gasteiger partial charge is 0.492 e. The number of benzene rings is 3. The minimum absolute atomic E-state index is 0.0340. The second-order valence-corrected chi connectivity index (χ2v) is 12.8. The van der Waals surface area contributed by atoms with Gasteiger partial charge in [0.25, 0.3) is 20.0 Å². The fraction of sp³-hybridized carbons (Fsp3) is 0.120. The van der Waals surface area contributed by atoms with E-state index in [1.54, 1.807) is 36.6 Å². The Kier molecular flexibility index (Phi) is 8.75. The molecular weight excluding hydrogens is 584 g/mol. The molecule has 39 heavy (non-hydrogen) atoms. The monoisotopic (exact) mass is 606 g/mol. The van der Waals surface area contributed by atoms with Gasteiger partial charge in [-0.25, -0.2) is 21.8 Å². The van der Waals surface area contributed by atoms with Gasteiger partial charge in [0.15, 0.2) is 5.13 Å². The van der Waals surface area contributed by atoms with Gasteiger partial charge in [-0.15, -0.1) is 11.3 Å². The SMILES string of the molecule is CCOc1ccccc1N(CC(=O)Nc1ccc(S(=O)(=O)Nc2nccs2)cc1)S(=O)(=O)c1ccc(Cl)cc1. The molecule has 1 heterocycles. The van der Waals surface area contributed by atoms with Crippen LogP contribution >= 0.6 is 22.9 Å². The van der Waals surface area contributed by atoms with Crippen LogP contribution < -0.4 is 19.1 Å². The van der Waals surface area contributed by atoms with Crippen molar-refractivity contribution >= 4 is 65.4 Å². The maximum atomic E-state index is 13.6. The van der Waals surface area contributed by atoms with E-state index in [9.17, 15) is 21.6 Å². The number of carbonyl (C=O) groups is 1. The zero-order valence-electron chi connectivity index (χ0n) is 20.4. The van der Waals surface area contributed by atoms with Gasteiger partial charge in [0, 0.05) is 22.3 Å². The zero-order valence-corrected chi connectivity index (χ0v) is 23.6.